The molecule has 0 radical (unpaired) electrons. The average molecular weight is 284 g/mol. The molecule has 0 aliphatic heterocycles. The molecule has 0 aromatic carbocycles. The molecular weight excluding hydrogens is 260 g/mol. The van der Waals surface area contributed by atoms with Gasteiger partial charge in [-0.2, -0.15) is 0 Å². The molecule has 6 nitrogen and oxygen atoms in total. The molecule has 0 spiro atoms. The van der Waals surface area contributed by atoms with Gasteiger partial charge in [-0.3, -0.25) is 0 Å². The molecule has 0 fully saturated rings. The SMILES string of the molecule is COCC[C@@H](CO)NC(=O)N[C@H](C)c1cc(C)oc1C. The third-order valence-electron chi connectivity index (χ3n) is 3.12. The third-order valence-corrected chi connectivity index (χ3v) is 3.12. The summed E-state index contributed by atoms with van der Waals surface area (Å²) in [5.41, 5.74) is 0.954. The Labute approximate surface area is 119 Å². The number of ether oxygens (including phenoxy) is 1. The van der Waals surface area contributed by atoms with Crippen molar-refractivity contribution in [2.24, 2.45) is 0 Å². The quantitative estimate of drug-likeness (QED) is 0.711. The molecule has 0 aliphatic carbocycles. The molecule has 2 amide bonds. The molecule has 20 heavy (non-hydrogen) atoms. The number of rotatable bonds is 7. The summed E-state index contributed by atoms with van der Waals surface area (Å²) in [5.74, 6) is 1.62. The van der Waals surface area contributed by atoms with Gasteiger partial charge in [0.1, 0.15) is 11.5 Å². The van der Waals surface area contributed by atoms with E-state index in [4.69, 9.17) is 9.15 Å². The summed E-state index contributed by atoms with van der Waals surface area (Å²) in [4.78, 5) is 11.9. The lowest BCUT2D eigenvalue weighted by Crippen LogP contribution is -2.45. The van der Waals surface area contributed by atoms with Crippen molar-refractivity contribution in [1.29, 1.82) is 0 Å². The fourth-order valence-electron chi connectivity index (χ4n) is 2.05. The fraction of sp³-hybridized carbons (Fsp3) is 0.643. The third kappa shape index (κ3) is 4.86. The van der Waals surface area contributed by atoms with Crippen LogP contribution in [0.15, 0.2) is 10.5 Å². The number of urea groups is 1. The number of nitrogens with one attached hydrogen (secondary N) is 2. The van der Waals surface area contributed by atoms with E-state index >= 15 is 0 Å². The maximum absolute atomic E-state index is 11.9. The standard InChI is InChI=1S/C14H24N2O4/c1-9-7-13(11(3)20-9)10(2)15-14(18)16-12(8-17)5-6-19-4/h7,10,12,17H,5-6,8H2,1-4H3,(H2,15,16,18)/t10-,12+/m1/s1. The number of furan rings is 1. The van der Waals surface area contributed by atoms with Crippen LogP contribution in [0.4, 0.5) is 4.79 Å². The van der Waals surface area contributed by atoms with Gasteiger partial charge in [0.05, 0.1) is 18.7 Å². The molecule has 1 aromatic heterocycles. The van der Waals surface area contributed by atoms with E-state index in [1.807, 2.05) is 26.8 Å². The number of aliphatic hydroxyl groups excluding tert-OH is 1. The number of aryl methyl sites for hydroxylation is 2. The first-order chi connectivity index (χ1) is 9.47. The normalized spacial score (nSPS) is 13.8. The van der Waals surface area contributed by atoms with Gasteiger partial charge in [0.25, 0.3) is 0 Å². The lowest BCUT2D eigenvalue weighted by Gasteiger charge is -2.19. The van der Waals surface area contributed by atoms with Crippen LogP contribution in [0.1, 0.15) is 36.5 Å². The minimum atomic E-state index is -0.314. The Morgan fingerprint density at radius 2 is 2.15 bits per heavy atom. The molecule has 1 aromatic rings. The smallest absolute Gasteiger partial charge is 0.315 e. The molecular formula is C14H24N2O4. The van der Waals surface area contributed by atoms with Crippen LogP contribution in [-0.2, 0) is 4.74 Å². The van der Waals surface area contributed by atoms with E-state index in [1.54, 1.807) is 7.11 Å². The van der Waals surface area contributed by atoms with Crippen molar-refractivity contribution >= 4 is 6.03 Å². The van der Waals surface area contributed by atoms with Crippen LogP contribution in [0, 0.1) is 13.8 Å². The number of methoxy groups -OCH3 is 1. The van der Waals surface area contributed by atoms with Crippen molar-refractivity contribution in [3.8, 4) is 0 Å². The lowest BCUT2D eigenvalue weighted by atomic mass is 10.1. The summed E-state index contributed by atoms with van der Waals surface area (Å²) < 4.78 is 10.4. The van der Waals surface area contributed by atoms with Crippen molar-refractivity contribution in [1.82, 2.24) is 10.6 Å². The fourth-order valence-corrected chi connectivity index (χ4v) is 2.05. The Kier molecular flexibility index (Phi) is 6.54. The Bertz CT molecular complexity index is 431. The Hall–Kier alpha value is -1.53. The second-order valence-electron chi connectivity index (χ2n) is 4.87. The van der Waals surface area contributed by atoms with Gasteiger partial charge in [-0.15, -0.1) is 0 Å². The molecule has 6 heteroatoms. The van der Waals surface area contributed by atoms with E-state index in [2.05, 4.69) is 10.6 Å². The second kappa shape index (κ2) is 7.91. The number of amides is 2. The van der Waals surface area contributed by atoms with Gasteiger partial charge in [-0.25, -0.2) is 4.79 Å². The monoisotopic (exact) mass is 284 g/mol. The first-order valence-electron chi connectivity index (χ1n) is 6.71. The molecule has 0 bridgehead atoms. The first-order valence-corrected chi connectivity index (χ1v) is 6.71. The highest BCUT2D eigenvalue weighted by molar-refractivity contribution is 5.74. The summed E-state index contributed by atoms with van der Waals surface area (Å²) >= 11 is 0. The minimum Gasteiger partial charge on any atom is -0.466 e. The summed E-state index contributed by atoms with van der Waals surface area (Å²) in [6.45, 7) is 6.00. The van der Waals surface area contributed by atoms with Crippen LogP contribution in [0.25, 0.3) is 0 Å². The highest BCUT2D eigenvalue weighted by atomic mass is 16.5. The zero-order valence-electron chi connectivity index (χ0n) is 12.5. The molecule has 3 N–H and O–H groups in total. The van der Waals surface area contributed by atoms with Crippen LogP contribution in [-0.4, -0.2) is 37.5 Å². The van der Waals surface area contributed by atoms with Crippen molar-refractivity contribution in [2.45, 2.75) is 39.3 Å². The number of hydrogen-bond donors (Lipinski definition) is 3. The Balaban J connectivity index is 2.50. The zero-order valence-corrected chi connectivity index (χ0v) is 12.5. The number of hydrogen-bond acceptors (Lipinski definition) is 4. The van der Waals surface area contributed by atoms with Gasteiger partial charge in [-0.1, -0.05) is 0 Å². The van der Waals surface area contributed by atoms with Crippen molar-refractivity contribution in [3.05, 3.63) is 23.2 Å². The first kappa shape index (κ1) is 16.5. The average Bonchev–Trinajstić information content (AvgIpc) is 2.73. The summed E-state index contributed by atoms with van der Waals surface area (Å²) in [5, 5.41) is 14.7. The van der Waals surface area contributed by atoms with Gasteiger partial charge >= 0.3 is 6.03 Å². The maximum Gasteiger partial charge on any atom is 0.315 e. The molecule has 0 aliphatic rings. The largest absolute Gasteiger partial charge is 0.466 e. The maximum atomic E-state index is 11.9. The summed E-state index contributed by atoms with van der Waals surface area (Å²) in [7, 11) is 1.58. The van der Waals surface area contributed by atoms with E-state index < -0.39 is 0 Å². The van der Waals surface area contributed by atoms with Crippen LogP contribution in [0.5, 0.6) is 0 Å². The van der Waals surface area contributed by atoms with Crippen molar-refractivity contribution in [2.75, 3.05) is 20.3 Å². The van der Waals surface area contributed by atoms with Gasteiger partial charge < -0.3 is 24.9 Å². The molecule has 2 atom stereocenters. The number of carbonyl (C=O) groups excluding carboxylic acids is 1. The molecule has 1 heterocycles. The van der Waals surface area contributed by atoms with Gasteiger partial charge in [-0.05, 0) is 33.3 Å². The van der Waals surface area contributed by atoms with Gasteiger partial charge in [0.2, 0.25) is 0 Å². The van der Waals surface area contributed by atoms with Crippen LogP contribution >= 0.6 is 0 Å². The Morgan fingerprint density at radius 3 is 2.65 bits per heavy atom. The van der Waals surface area contributed by atoms with Crippen molar-refractivity contribution < 1.29 is 19.1 Å². The lowest BCUT2D eigenvalue weighted by molar-refractivity contribution is 0.159. The van der Waals surface area contributed by atoms with E-state index in [0.717, 1.165) is 17.1 Å². The van der Waals surface area contributed by atoms with Crippen LogP contribution < -0.4 is 10.6 Å². The highest BCUT2D eigenvalue weighted by Crippen LogP contribution is 2.20. The van der Waals surface area contributed by atoms with Crippen molar-refractivity contribution in [3.63, 3.8) is 0 Å². The summed E-state index contributed by atoms with van der Waals surface area (Å²) in [6, 6.07) is 1.13. The van der Waals surface area contributed by atoms with E-state index in [9.17, 15) is 9.90 Å². The zero-order chi connectivity index (χ0) is 15.1. The van der Waals surface area contributed by atoms with Gasteiger partial charge in [0, 0.05) is 19.3 Å². The number of aliphatic hydroxyl groups is 1. The Morgan fingerprint density at radius 1 is 1.45 bits per heavy atom. The predicted molar refractivity (Wildman–Crippen MR) is 75.6 cm³/mol. The van der Waals surface area contributed by atoms with Gasteiger partial charge in [0.15, 0.2) is 0 Å². The highest BCUT2D eigenvalue weighted by Gasteiger charge is 2.17. The molecule has 0 saturated heterocycles. The van der Waals surface area contributed by atoms with Crippen LogP contribution in [0.2, 0.25) is 0 Å². The van der Waals surface area contributed by atoms with E-state index in [1.165, 1.54) is 0 Å². The van der Waals surface area contributed by atoms with Crippen LogP contribution in [0.3, 0.4) is 0 Å². The molecule has 0 saturated carbocycles. The summed E-state index contributed by atoms with van der Waals surface area (Å²) in [6.07, 6.45) is 0.568. The van der Waals surface area contributed by atoms with E-state index in [0.29, 0.717) is 13.0 Å². The minimum absolute atomic E-state index is 0.116. The number of carbonyl (C=O) groups is 1. The second-order valence-corrected chi connectivity index (χ2v) is 4.87. The van der Waals surface area contributed by atoms with E-state index in [-0.39, 0.29) is 24.7 Å². The molecule has 1 rings (SSSR count). The topological polar surface area (TPSA) is 83.7 Å². The predicted octanol–water partition coefficient (Wildman–Crippen LogP) is 1.65. The molecule has 0 unspecified atom stereocenters. The molecule has 114 valence electrons.